The summed E-state index contributed by atoms with van der Waals surface area (Å²) >= 11 is 0. The number of carbonyl (C=O) groups is 1. The maximum Gasteiger partial charge on any atom is 0.308 e. The van der Waals surface area contributed by atoms with Crippen molar-refractivity contribution in [2.45, 2.75) is 38.5 Å². The number of hydrogen-bond donors (Lipinski definition) is 0. The van der Waals surface area contributed by atoms with Gasteiger partial charge >= 0.3 is 5.97 Å². The average molecular weight is 486 g/mol. The molecule has 3 aromatic carbocycles. The Morgan fingerprint density at radius 1 is 1.00 bits per heavy atom. The smallest absolute Gasteiger partial charge is 0.308 e. The van der Waals surface area contributed by atoms with Crippen molar-refractivity contribution in [2.24, 2.45) is 0 Å². The monoisotopic (exact) mass is 485 g/mol. The third kappa shape index (κ3) is 3.87. The van der Waals surface area contributed by atoms with Crippen molar-refractivity contribution in [1.82, 2.24) is 4.90 Å². The molecule has 2 atom stereocenters. The number of carbonyl (C=O) groups excluding carboxylic acids is 1. The lowest BCUT2D eigenvalue weighted by atomic mass is 9.83. The van der Waals surface area contributed by atoms with Crippen LogP contribution in [0.3, 0.4) is 0 Å². The maximum atomic E-state index is 12.3. The topological polar surface area (TPSA) is 91.4 Å². The summed E-state index contributed by atoms with van der Waals surface area (Å²) in [6.07, 6.45) is 2.29. The first kappa shape index (κ1) is 22.9. The van der Waals surface area contributed by atoms with E-state index in [1.54, 1.807) is 20.3 Å². The van der Waals surface area contributed by atoms with Gasteiger partial charge in [-0.2, -0.15) is 8.42 Å². The molecule has 180 valence electrons. The number of methoxy groups -OCH3 is 2. The minimum atomic E-state index is -3.72. The van der Waals surface area contributed by atoms with E-state index >= 15 is 0 Å². The number of ether oxygens (including phenoxy) is 3. The van der Waals surface area contributed by atoms with Gasteiger partial charge in [0.1, 0.15) is 11.9 Å². The van der Waals surface area contributed by atoms with Crippen molar-refractivity contribution in [3.8, 4) is 17.2 Å². The molecule has 0 bridgehead atoms. The van der Waals surface area contributed by atoms with Crippen molar-refractivity contribution in [3.05, 3.63) is 41.5 Å². The summed E-state index contributed by atoms with van der Waals surface area (Å²) in [5, 5.41) is 3.51. The molecule has 1 fully saturated rings. The van der Waals surface area contributed by atoms with Crippen LogP contribution >= 0.6 is 0 Å². The van der Waals surface area contributed by atoms with Gasteiger partial charge in [0.05, 0.1) is 20.5 Å². The molecule has 0 unspecified atom stereocenters. The quantitative estimate of drug-likeness (QED) is 0.232. The van der Waals surface area contributed by atoms with Crippen LogP contribution in [0.5, 0.6) is 17.2 Å². The molecule has 0 saturated carbocycles. The van der Waals surface area contributed by atoms with Crippen molar-refractivity contribution in [2.75, 3.05) is 27.0 Å². The number of nitrogens with zero attached hydrogens (tertiary/aromatic N) is 1. The van der Waals surface area contributed by atoms with E-state index in [9.17, 15) is 13.2 Å². The maximum absolute atomic E-state index is 12.3. The van der Waals surface area contributed by atoms with Gasteiger partial charge in [-0.25, -0.2) is 0 Å². The summed E-state index contributed by atoms with van der Waals surface area (Å²) < 4.78 is 46.9. The zero-order valence-electron chi connectivity index (χ0n) is 19.6. The van der Waals surface area contributed by atoms with E-state index in [1.165, 1.54) is 6.92 Å². The Morgan fingerprint density at radius 2 is 1.68 bits per heavy atom. The van der Waals surface area contributed by atoms with E-state index in [1.807, 2.05) is 24.3 Å². The van der Waals surface area contributed by atoms with Crippen molar-refractivity contribution in [1.29, 1.82) is 0 Å². The summed E-state index contributed by atoms with van der Waals surface area (Å²) in [6, 6.07) is 9.23. The lowest BCUT2D eigenvalue weighted by molar-refractivity contribution is -0.131. The van der Waals surface area contributed by atoms with Crippen LogP contribution in [0.25, 0.3) is 21.5 Å². The molecule has 2 aliphatic rings. The van der Waals surface area contributed by atoms with Gasteiger partial charge in [0, 0.05) is 19.5 Å². The van der Waals surface area contributed by atoms with Crippen LogP contribution in [0.2, 0.25) is 0 Å². The number of rotatable bonds is 5. The molecule has 0 N–H and O–H groups in total. The number of esters is 1. The van der Waals surface area contributed by atoms with E-state index < -0.39 is 22.2 Å². The lowest BCUT2D eigenvalue weighted by Gasteiger charge is -2.39. The predicted molar refractivity (Wildman–Crippen MR) is 128 cm³/mol. The van der Waals surface area contributed by atoms with Crippen LogP contribution < -0.4 is 14.2 Å². The van der Waals surface area contributed by atoms with Gasteiger partial charge in [-0.05, 0) is 76.3 Å². The van der Waals surface area contributed by atoms with Crippen LogP contribution in [0.15, 0.2) is 30.3 Å². The van der Waals surface area contributed by atoms with E-state index in [-0.39, 0.29) is 6.04 Å². The second-order valence-corrected chi connectivity index (χ2v) is 10.4. The highest BCUT2D eigenvalue weighted by atomic mass is 32.2. The summed E-state index contributed by atoms with van der Waals surface area (Å²) in [6.45, 7) is 2.91. The summed E-state index contributed by atoms with van der Waals surface area (Å²) in [5.74, 6) is 1.15. The number of hydrogen-bond acceptors (Lipinski definition) is 8. The van der Waals surface area contributed by atoms with Crippen molar-refractivity contribution >= 4 is 37.6 Å². The van der Waals surface area contributed by atoms with Gasteiger partial charge in [-0.1, -0.05) is 6.07 Å². The highest BCUT2D eigenvalue weighted by Gasteiger charge is 2.42. The van der Waals surface area contributed by atoms with Crippen LogP contribution in [0.4, 0.5) is 0 Å². The van der Waals surface area contributed by atoms with Crippen LogP contribution in [-0.4, -0.2) is 52.3 Å². The fourth-order valence-electron chi connectivity index (χ4n) is 5.45. The van der Waals surface area contributed by atoms with Gasteiger partial charge in [0.15, 0.2) is 11.5 Å². The van der Waals surface area contributed by atoms with Crippen LogP contribution in [-0.2, 0) is 25.6 Å². The van der Waals surface area contributed by atoms with Crippen LogP contribution in [0.1, 0.15) is 37.0 Å². The highest BCUT2D eigenvalue weighted by Crippen LogP contribution is 2.49. The minimum Gasteiger partial charge on any atom is -0.493 e. The molecule has 0 amide bonds. The largest absolute Gasteiger partial charge is 0.493 e. The molecule has 0 aromatic heterocycles. The van der Waals surface area contributed by atoms with Gasteiger partial charge in [0.2, 0.25) is 0 Å². The Kier molecular flexibility index (Phi) is 5.66. The number of benzene rings is 3. The Hall–Kier alpha value is -2.88. The Morgan fingerprint density at radius 3 is 2.32 bits per heavy atom. The van der Waals surface area contributed by atoms with Crippen molar-refractivity contribution < 1.29 is 31.6 Å². The minimum absolute atomic E-state index is 0.0313. The molecular formula is C25H27NO7S. The van der Waals surface area contributed by atoms with E-state index in [4.69, 9.17) is 18.4 Å². The van der Waals surface area contributed by atoms with Crippen LogP contribution in [0, 0.1) is 0 Å². The average Bonchev–Trinajstić information content (AvgIpc) is 3.25. The van der Waals surface area contributed by atoms with Crippen molar-refractivity contribution in [3.63, 3.8) is 0 Å². The molecule has 0 aliphatic carbocycles. The molecule has 9 heteroatoms. The second-order valence-electron chi connectivity index (χ2n) is 8.85. The third-order valence-corrected chi connectivity index (χ3v) is 7.25. The lowest BCUT2D eigenvalue weighted by Crippen LogP contribution is -2.40. The highest BCUT2D eigenvalue weighted by molar-refractivity contribution is 7.86. The molecule has 0 spiro atoms. The van der Waals surface area contributed by atoms with E-state index in [0.717, 1.165) is 58.3 Å². The molecular weight excluding hydrogens is 458 g/mol. The molecule has 2 aliphatic heterocycles. The molecule has 2 heterocycles. The Balaban J connectivity index is 1.89. The zero-order chi connectivity index (χ0) is 24.2. The van der Waals surface area contributed by atoms with E-state index in [2.05, 4.69) is 4.90 Å². The normalized spacial score (nSPS) is 20.2. The second kappa shape index (κ2) is 8.41. The molecule has 34 heavy (non-hydrogen) atoms. The summed E-state index contributed by atoms with van der Waals surface area (Å²) in [5.41, 5.74) is 1.87. The third-order valence-electron chi connectivity index (χ3n) is 6.69. The zero-order valence-corrected chi connectivity index (χ0v) is 20.4. The van der Waals surface area contributed by atoms with E-state index in [0.29, 0.717) is 23.8 Å². The molecule has 5 rings (SSSR count). The first-order valence-corrected chi connectivity index (χ1v) is 13.0. The molecule has 0 radical (unpaired) electrons. The molecule has 1 saturated heterocycles. The van der Waals surface area contributed by atoms with Gasteiger partial charge in [-0.15, -0.1) is 0 Å². The Labute approximate surface area is 198 Å². The number of fused-ring (bicyclic) bond motifs is 7. The summed E-state index contributed by atoms with van der Waals surface area (Å²) in [4.78, 5) is 13.9. The van der Waals surface area contributed by atoms with Gasteiger partial charge in [-0.3, -0.25) is 13.9 Å². The molecule has 8 nitrogen and oxygen atoms in total. The SMILES string of the molecule is COc1cc2c3c(c4ccc(OC(C)=O)cc4c2cc1OC)[C@H](OS(C)(=O)=O)[C@@H]1CCCN1C3. The van der Waals surface area contributed by atoms with Gasteiger partial charge < -0.3 is 14.2 Å². The Bertz CT molecular complexity index is 1420. The fraction of sp³-hybridized carbons (Fsp3) is 0.400. The molecule has 3 aromatic rings. The standard InChI is InChI=1S/C25H27NO7S/c1-14(27)32-15-7-8-16-17(10-15)18-11-22(30-2)23(31-3)12-19(18)20-13-26-9-5-6-21(26)25(24(16)20)33-34(4,28)29/h7-8,10-12,21,25H,5-6,9,13H2,1-4H3/t21-,25+/m0/s1. The van der Waals surface area contributed by atoms with Gasteiger partial charge in [0.25, 0.3) is 10.1 Å². The summed E-state index contributed by atoms with van der Waals surface area (Å²) in [7, 11) is -0.547. The first-order valence-electron chi connectivity index (χ1n) is 11.1. The fourth-order valence-corrected chi connectivity index (χ4v) is 6.05. The first-order chi connectivity index (χ1) is 16.2. The predicted octanol–water partition coefficient (Wildman–Crippen LogP) is 3.93.